The molecule has 88 valence electrons. The normalized spacial score (nSPS) is 13.2. The Morgan fingerprint density at radius 1 is 1.56 bits per heavy atom. The number of aryl methyl sites for hydroxylation is 1. The molecule has 16 heavy (non-hydrogen) atoms. The number of hydrogen-bond donors (Lipinski definition) is 2. The van der Waals surface area contributed by atoms with Crippen molar-refractivity contribution in [2.24, 2.45) is 16.2 Å². The Morgan fingerprint density at radius 2 is 2.25 bits per heavy atom. The second-order valence-corrected chi connectivity index (χ2v) is 3.94. The molecule has 0 amide bonds. The molecule has 1 rings (SSSR count). The Bertz CT molecular complexity index is 436. The monoisotopic (exact) mass is 222 g/mol. The van der Waals surface area contributed by atoms with Gasteiger partial charge in [-0.3, -0.25) is 4.79 Å². The number of pyridine rings is 1. The number of aromatic amines is 1. The molecule has 1 atom stereocenters. The van der Waals surface area contributed by atoms with Crippen molar-refractivity contribution < 1.29 is 0 Å². The van der Waals surface area contributed by atoms with Gasteiger partial charge in [-0.25, -0.2) is 0 Å². The zero-order valence-corrected chi connectivity index (χ0v) is 9.95. The predicted octanol–water partition coefficient (Wildman–Crippen LogP) is 2.02. The van der Waals surface area contributed by atoms with Gasteiger partial charge in [0.25, 0.3) is 5.56 Å². The van der Waals surface area contributed by atoms with Crippen LogP contribution < -0.4 is 11.4 Å². The number of nitrogens with zero attached hydrogens (tertiary/aromatic N) is 2. The van der Waals surface area contributed by atoms with Gasteiger partial charge >= 0.3 is 0 Å². The van der Waals surface area contributed by atoms with E-state index in [9.17, 15) is 4.79 Å². The molecule has 5 nitrogen and oxygen atoms in total. The molecule has 0 saturated heterocycles. The van der Waals surface area contributed by atoms with Crippen molar-refractivity contribution in [1.82, 2.24) is 4.98 Å². The summed E-state index contributed by atoms with van der Waals surface area (Å²) >= 11 is 0. The fourth-order valence-corrected chi connectivity index (χ4v) is 1.68. The maximum atomic E-state index is 11.8. The minimum Gasteiger partial charge on any atom is -0.326 e. The summed E-state index contributed by atoms with van der Waals surface area (Å²) in [6.45, 7) is 6.31. The van der Waals surface area contributed by atoms with Gasteiger partial charge in [-0.1, -0.05) is 19.1 Å². The van der Waals surface area contributed by atoms with Gasteiger partial charge in [0.05, 0.1) is 6.54 Å². The fraction of sp³-hybridized carbons (Fsp3) is 0.545. The molecule has 0 spiro atoms. The SMILES string of the molecule is CCC(C)c1cc(C)[nH]c(=O)c1CN=NN. The van der Waals surface area contributed by atoms with E-state index in [0.717, 1.165) is 17.7 Å². The van der Waals surface area contributed by atoms with E-state index in [-0.39, 0.29) is 12.1 Å². The van der Waals surface area contributed by atoms with Crippen molar-refractivity contribution in [3.8, 4) is 0 Å². The van der Waals surface area contributed by atoms with Crippen molar-refractivity contribution >= 4 is 0 Å². The van der Waals surface area contributed by atoms with Crippen molar-refractivity contribution in [3.63, 3.8) is 0 Å². The highest BCUT2D eigenvalue weighted by Crippen LogP contribution is 2.21. The first-order valence-electron chi connectivity index (χ1n) is 5.39. The predicted molar refractivity (Wildman–Crippen MR) is 63.3 cm³/mol. The lowest BCUT2D eigenvalue weighted by Gasteiger charge is -2.13. The summed E-state index contributed by atoms with van der Waals surface area (Å²) in [6.07, 6.45) is 0.982. The van der Waals surface area contributed by atoms with Crippen LogP contribution in [0.2, 0.25) is 0 Å². The van der Waals surface area contributed by atoms with Gasteiger partial charge in [-0.05, 0) is 30.9 Å². The molecule has 0 aromatic carbocycles. The van der Waals surface area contributed by atoms with Crippen LogP contribution in [-0.4, -0.2) is 4.98 Å². The average Bonchev–Trinajstić information content (AvgIpc) is 2.26. The van der Waals surface area contributed by atoms with Gasteiger partial charge < -0.3 is 10.8 Å². The molecular formula is C11H18N4O. The Hall–Kier alpha value is -1.65. The quantitative estimate of drug-likeness (QED) is 0.464. The van der Waals surface area contributed by atoms with Crippen molar-refractivity contribution in [2.75, 3.05) is 0 Å². The van der Waals surface area contributed by atoms with Crippen LogP contribution in [0.5, 0.6) is 0 Å². The standard InChI is InChI=1S/C11H18N4O/c1-4-7(2)9-5-8(3)14-11(16)10(9)6-13-15-12/h5,7H,4,6H2,1-3H3,(H2,12,13)(H,14,16). The van der Waals surface area contributed by atoms with E-state index in [1.807, 2.05) is 13.0 Å². The van der Waals surface area contributed by atoms with Crippen LogP contribution in [0.25, 0.3) is 0 Å². The van der Waals surface area contributed by atoms with E-state index < -0.39 is 0 Å². The summed E-state index contributed by atoms with van der Waals surface area (Å²) in [4.78, 5) is 14.6. The molecule has 0 aliphatic rings. The molecule has 5 heteroatoms. The summed E-state index contributed by atoms with van der Waals surface area (Å²) in [7, 11) is 0. The van der Waals surface area contributed by atoms with Gasteiger partial charge in [-0.2, -0.15) is 5.11 Å². The van der Waals surface area contributed by atoms with Crippen LogP contribution in [0.1, 0.15) is 43.0 Å². The van der Waals surface area contributed by atoms with Crippen LogP contribution in [0.3, 0.4) is 0 Å². The lowest BCUT2D eigenvalue weighted by Crippen LogP contribution is -2.17. The molecule has 1 unspecified atom stereocenters. The largest absolute Gasteiger partial charge is 0.326 e. The Labute approximate surface area is 94.8 Å². The van der Waals surface area contributed by atoms with E-state index in [2.05, 4.69) is 29.2 Å². The number of aromatic nitrogens is 1. The highest BCUT2D eigenvalue weighted by molar-refractivity contribution is 5.29. The summed E-state index contributed by atoms with van der Waals surface area (Å²) in [5.74, 6) is 5.30. The third-order valence-corrected chi connectivity index (χ3v) is 2.76. The lowest BCUT2D eigenvalue weighted by molar-refractivity contribution is 0.710. The van der Waals surface area contributed by atoms with Gasteiger partial charge in [0.1, 0.15) is 0 Å². The number of rotatable bonds is 4. The van der Waals surface area contributed by atoms with Crippen LogP contribution >= 0.6 is 0 Å². The molecule has 0 bridgehead atoms. The Kier molecular flexibility index (Phi) is 4.22. The number of hydrogen-bond acceptors (Lipinski definition) is 3. The maximum Gasteiger partial charge on any atom is 0.253 e. The van der Waals surface area contributed by atoms with Crippen molar-refractivity contribution in [1.29, 1.82) is 0 Å². The number of H-pyrrole nitrogens is 1. The molecule has 0 aliphatic carbocycles. The fourth-order valence-electron chi connectivity index (χ4n) is 1.68. The summed E-state index contributed by atoms with van der Waals surface area (Å²) in [5.41, 5.74) is 2.47. The second kappa shape index (κ2) is 5.44. The van der Waals surface area contributed by atoms with Gasteiger partial charge in [0.2, 0.25) is 0 Å². The Morgan fingerprint density at radius 3 is 2.81 bits per heavy atom. The second-order valence-electron chi connectivity index (χ2n) is 3.94. The third-order valence-electron chi connectivity index (χ3n) is 2.76. The molecule has 3 N–H and O–H groups in total. The van der Waals surface area contributed by atoms with Crippen molar-refractivity contribution in [2.45, 2.75) is 39.7 Å². The summed E-state index contributed by atoms with van der Waals surface area (Å²) in [6, 6.07) is 2.00. The highest BCUT2D eigenvalue weighted by Gasteiger charge is 2.13. The van der Waals surface area contributed by atoms with Crippen LogP contribution in [0, 0.1) is 6.92 Å². The van der Waals surface area contributed by atoms with Gasteiger partial charge in [0, 0.05) is 11.3 Å². The molecule has 0 fully saturated rings. The first kappa shape index (κ1) is 12.4. The van der Waals surface area contributed by atoms with Gasteiger partial charge in [0.15, 0.2) is 0 Å². The number of nitrogens with one attached hydrogen (secondary N) is 1. The van der Waals surface area contributed by atoms with E-state index in [1.54, 1.807) is 0 Å². The van der Waals surface area contributed by atoms with Crippen LogP contribution in [0.15, 0.2) is 21.2 Å². The molecule has 1 aromatic heterocycles. The zero-order chi connectivity index (χ0) is 12.1. The molecule has 0 aliphatic heterocycles. The van der Waals surface area contributed by atoms with E-state index in [1.165, 1.54) is 0 Å². The topological polar surface area (TPSA) is 83.6 Å². The summed E-state index contributed by atoms with van der Waals surface area (Å²) in [5, 5.41) is 6.89. The molecular weight excluding hydrogens is 204 g/mol. The highest BCUT2D eigenvalue weighted by atomic mass is 16.1. The first-order chi connectivity index (χ1) is 7.60. The number of nitrogens with two attached hydrogens (primary N) is 1. The van der Waals surface area contributed by atoms with Crippen LogP contribution in [0.4, 0.5) is 0 Å². The molecule has 0 radical (unpaired) electrons. The smallest absolute Gasteiger partial charge is 0.253 e. The minimum atomic E-state index is -0.0947. The van der Waals surface area contributed by atoms with Crippen molar-refractivity contribution in [3.05, 3.63) is 33.2 Å². The average molecular weight is 222 g/mol. The molecule has 0 saturated carbocycles. The molecule has 1 aromatic rings. The summed E-state index contributed by atoms with van der Waals surface area (Å²) < 4.78 is 0. The zero-order valence-electron chi connectivity index (χ0n) is 9.95. The van der Waals surface area contributed by atoms with Crippen LogP contribution in [-0.2, 0) is 6.54 Å². The van der Waals surface area contributed by atoms with E-state index in [4.69, 9.17) is 5.84 Å². The lowest BCUT2D eigenvalue weighted by atomic mass is 9.94. The van der Waals surface area contributed by atoms with E-state index >= 15 is 0 Å². The van der Waals surface area contributed by atoms with E-state index in [0.29, 0.717) is 11.5 Å². The maximum absolute atomic E-state index is 11.8. The van der Waals surface area contributed by atoms with Gasteiger partial charge in [-0.15, -0.1) is 0 Å². The molecule has 1 heterocycles. The Balaban J connectivity index is 3.26. The third kappa shape index (κ3) is 2.68. The first-order valence-corrected chi connectivity index (χ1v) is 5.39. The minimum absolute atomic E-state index is 0.0947.